The Bertz CT molecular complexity index is 833. The normalized spacial score (nSPS) is 16.8. The SMILES string of the molecule is CC(=O)c1ccc(NC(=O)C2CC(=O)N(c3ccccc3F)C2)cc1. The number of benzene rings is 2. The molecule has 1 fully saturated rings. The Labute approximate surface area is 144 Å². The van der Waals surface area contributed by atoms with Crippen molar-refractivity contribution in [2.24, 2.45) is 5.92 Å². The fourth-order valence-electron chi connectivity index (χ4n) is 2.82. The van der Waals surface area contributed by atoms with Crippen molar-refractivity contribution >= 4 is 29.0 Å². The van der Waals surface area contributed by atoms with Crippen LogP contribution in [-0.4, -0.2) is 24.1 Å². The molecule has 3 rings (SSSR count). The molecule has 0 spiro atoms. The van der Waals surface area contributed by atoms with Crippen molar-refractivity contribution in [3.8, 4) is 0 Å². The monoisotopic (exact) mass is 340 g/mol. The molecular weight excluding hydrogens is 323 g/mol. The zero-order valence-corrected chi connectivity index (χ0v) is 13.7. The minimum absolute atomic E-state index is 0.0334. The summed E-state index contributed by atoms with van der Waals surface area (Å²) in [5.74, 6) is -1.68. The molecule has 1 aliphatic heterocycles. The molecule has 2 aromatic carbocycles. The van der Waals surface area contributed by atoms with Gasteiger partial charge in [0.05, 0.1) is 11.6 Å². The summed E-state index contributed by atoms with van der Waals surface area (Å²) in [5.41, 5.74) is 1.29. The minimum Gasteiger partial charge on any atom is -0.326 e. The predicted octanol–water partition coefficient (Wildman–Crippen LogP) is 3.02. The molecule has 2 aromatic rings. The van der Waals surface area contributed by atoms with Gasteiger partial charge in [0.15, 0.2) is 5.78 Å². The van der Waals surface area contributed by atoms with Crippen LogP contribution in [0.15, 0.2) is 48.5 Å². The number of amides is 2. The number of carbonyl (C=O) groups excluding carboxylic acids is 3. The summed E-state index contributed by atoms with van der Waals surface area (Å²) in [6, 6.07) is 12.5. The standard InChI is InChI=1S/C19H17FN2O3/c1-12(23)13-6-8-15(9-7-13)21-19(25)14-10-18(24)22(11-14)17-5-3-2-4-16(17)20/h2-9,14H,10-11H2,1H3,(H,21,25). The lowest BCUT2D eigenvalue weighted by molar-refractivity contribution is -0.122. The molecule has 0 saturated carbocycles. The number of hydrogen-bond donors (Lipinski definition) is 1. The largest absolute Gasteiger partial charge is 0.326 e. The molecule has 5 nitrogen and oxygen atoms in total. The van der Waals surface area contributed by atoms with Crippen molar-refractivity contribution in [3.63, 3.8) is 0 Å². The van der Waals surface area contributed by atoms with Crippen LogP contribution in [0.1, 0.15) is 23.7 Å². The minimum atomic E-state index is -0.556. The molecule has 1 unspecified atom stereocenters. The maximum Gasteiger partial charge on any atom is 0.229 e. The van der Waals surface area contributed by atoms with Gasteiger partial charge in [0, 0.05) is 24.2 Å². The first kappa shape index (κ1) is 16.8. The van der Waals surface area contributed by atoms with Gasteiger partial charge in [-0.15, -0.1) is 0 Å². The van der Waals surface area contributed by atoms with Crippen LogP contribution in [0.2, 0.25) is 0 Å². The second-order valence-electron chi connectivity index (χ2n) is 5.98. The molecule has 0 aliphatic carbocycles. The Hall–Kier alpha value is -3.02. The molecule has 25 heavy (non-hydrogen) atoms. The number of hydrogen-bond acceptors (Lipinski definition) is 3. The summed E-state index contributed by atoms with van der Waals surface area (Å²) in [4.78, 5) is 37.1. The van der Waals surface area contributed by atoms with Gasteiger partial charge in [-0.2, -0.15) is 0 Å². The lowest BCUT2D eigenvalue weighted by Crippen LogP contribution is -2.28. The third-order valence-corrected chi connectivity index (χ3v) is 4.20. The van der Waals surface area contributed by atoms with Crippen LogP contribution < -0.4 is 10.2 Å². The van der Waals surface area contributed by atoms with Crippen LogP contribution in [0, 0.1) is 11.7 Å². The van der Waals surface area contributed by atoms with Crippen molar-refractivity contribution in [1.82, 2.24) is 0 Å². The topological polar surface area (TPSA) is 66.5 Å². The summed E-state index contributed by atoms with van der Waals surface area (Å²) < 4.78 is 13.9. The van der Waals surface area contributed by atoms with Gasteiger partial charge in [-0.05, 0) is 43.3 Å². The van der Waals surface area contributed by atoms with Crippen molar-refractivity contribution in [1.29, 1.82) is 0 Å². The Morgan fingerprint density at radius 2 is 1.80 bits per heavy atom. The summed E-state index contributed by atoms with van der Waals surface area (Å²) in [6.45, 7) is 1.60. The first-order valence-electron chi connectivity index (χ1n) is 7.92. The highest BCUT2D eigenvalue weighted by molar-refractivity contribution is 6.03. The van der Waals surface area contributed by atoms with Crippen molar-refractivity contribution < 1.29 is 18.8 Å². The highest BCUT2D eigenvalue weighted by Gasteiger charge is 2.36. The molecule has 1 aliphatic rings. The molecule has 6 heteroatoms. The molecule has 1 N–H and O–H groups in total. The van der Waals surface area contributed by atoms with Gasteiger partial charge in [0.2, 0.25) is 11.8 Å². The molecule has 1 heterocycles. The van der Waals surface area contributed by atoms with E-state index in [1.54, 1.807) is 36.4 Å². The van der Waals surface area contributed by atoms with Crippen LogP contribution in [0.5, 0.6) is 0 Å². The molecular formula is C19H17FN2O3. The van der Waals surface area contributed by atoms with Crippen LogP contribution in [0.25, 0.3) is 0 Å². The number of carbonyl (C=O) groups is 3. The number of rotatable bonds is 4. The van der Waals surface area contributed by atoms with Crippen molar-refractivity contribution in [2.75, 3.05) is 16.8 Å². The molecule has 0 radical (unpaired) electrons. The van der Waals surface area contributed by atoms with Gasteiger partial charge >= 0.3 is 0 Å². The number of Topliss-reactive ketones (excluding diaryl/α,β-unsaturated/α-hetero) is 1. The first-order chi connectivity index (χ1) is 12.0. The van der Waals surface area contributed by atoms with E-state index in [1.807, 2.05) is 0 Å². The van der Waals surface area contributed by atoms with E-state index < -0.39 is 11.7 Å². The fourth-order valence-corrected chi connectivity index (χ4v) is 2.82. The van der Waals surface area contributed by atoms with Gasteiger partial charge in [-0.25, -0.2) is 4.39 Å². The van der Waals surface area contributed by atoms with E-state index in [1.165, 1.54) is 24.0 Å². The number of para-hydroxylation sites is 1. The van der Waals surface area contributed by atoms with Gasteiger partial charge < -0.3 is 10.2 Å². The quantitative estimate of drug-likeness (QED) is 0.870. The molecule has 0 bridgehead atoms. The van der Waals surface area contributed by atoms with E-state index in [-0.39, 0.29) is 36.3 Å². The Morgan fingerprint density at radius 3 is 2.44 bits per heavy atom. The zero-order chi connectivity index (χ0) is 18.0. The smallest absolute Gasteiger partial charge is 0.229 e. The summed E-state index contributed by atoms with van der Waals surface area (Å²) in [7, 11) is 0. The second-order valence-corrected chi connectivity index (χ2v) is 5.98. The Morgan fingerprint density at radius 1 is 1.12 bits per heavy atom. The summed E-state index contributed by atoms with van der Waals surface area (Å²) >= 11 is 0. The second kappa shape index (κ2) is 6.84. The first-order valence-corrected chi connectivity index (χ1v) is 7.92. The lowest BCUT2D eigenvalue weighted by atomic mass is 10.1. The zero-order valence-electron chi connectivity index (χ0n) is 13.7. The average molecular weight is 340 g/mol. The highest BCUT2D eigenvalue weighted by Crippen LogP contribution is 2.28. The van der Waals surface area contributed by atoms with E-state index in [0.29, 0.717) is 11.3 Å². The maximum absolute atomic E-state index is 13.9. The number of ketones is 1. The number of halogens is 1. The third-order valence-electron chi connectivity index (χ3n) is 4.20. The van der Waals surface area contributed by atoms with Crippen LogP contribution in [0.3, 0.4) is 0 Å². The number of nitrogens with one attached hydrogen (secondary N) is 1. The summed E-state index contributed by atoms with van der Waals surface area (Å²) in [6.07, 6.45) is 0.0334. The third kappa shape index (κ3) is 3.57. The fraction of sp³-hybridized carbons (Fsp3) is 0.211. The Kier molecular flexibility index (Phi) is 4.61. The Balaban J connectivity index is 1.68. The van der Waals surface area contributed by atoms with E-state index in [0.717, 1.165) is 0 Å². The molecule has 2 amide bonds. The van der Waals surface area contributed by atoms with Crippen LogP contribution in [0.4, 0.5) is 15.8 Å². The molecule has 1 saturated heterocycles. The molecule has 1 atom stereocenters. The van der Waals surface area contributed by atoms with Crippen molar-refractivity contribution in [3.05, 3.63) is 59.9 Å². The van der Waals surface area contributed by atoms with Crippen molar-refractivity contribution in [2.45, 2.75) is 13.3 Å². The lowest BCUT2D eigenvalue weighted by Gasteiger charge is -2.17. The van der Waals surface area contributed by atoms with E-state index >= 15 is 0 Å². The van der Waals surface area contributed by atoms with E-state index in [4.69, 9.17) is 0 Å². The van der Waals surface area contributed by atoms with Gasteiger partial charge in [-0.3, -0.25) is 14.4 Å². The average Bonchev–Trinajstić information content (AvgIpc) is 2.97. The van der Waals surface area contributed by atoms with Crippen LogP contribution in [-0.2, 0) is 9.59 Å². The maximum atomic E-state index is 13.9. The van der Waals surface area contributed by atoms with E-state index in [2.05, 4.69) is 5.32 Å². The highest BCUT2D eigenvalue weighted by atomic mass is 19.1. The molecule has 128 valence electrons. The van der Waals surface area contributed by atoms with Gasteiger partial charge in [0.25, 0.3) is 0 Å². The predicted molar refractivity (Wildman–Crippen MR) is 91.9 cm³/mol. The van der Waals surface area contributed by atoms with E-state index in [9.17, 15) is 18.8 Å². The molecule has 0 aromatic heterocycles. The van der Waals surface area contributed by atoms with Crippen LogP contribution >= 0.6 is 0 Å². The summed E-state index contributed by atoms with van der Waals surface area (Å²) in [5, 5.41) is 2.73. The number of anilines is 2. The number of nitrogens with zero attached hydrogens (tertiary/aromatic N) is 1. The van der Waals surface area contributed by atoms with Gasteiger partial charge in [0.1, 0.15) is 5.82 Å². The van der Waals surface area contributed by atoms with Gasteiger partial charge in [-0.1, -0.05) is 12.1 Å².